The summed E-state index contributed by atoms with van der Waals surface area (Å²) in [7, 11) is -3.38. The number of hydrogen-bond acceptors (Lipinski definition) is 4. The number of benzene rings is 2. The third-order valence-electron chi connectivity index (χ3n) is 2.47. The monoisotopic (exact) mass is 261 g/mol. The van der Waals surface area contributed by atoms with Crippen LogP contribution in [0.25, 0.3) is 0 Å². The van der Waals surface area contributed by atoms with Crippen LogP contribution in [0.4, 0.5) is 5.69 Å². The van der Waals surface area contributed by atoms with Crippen LogP contribution in [0.3, 0.4) is 0 Å². The minimum atomic E-state index is -3.38. The Balaban J connectivity index is 2.31. The average Bonchev–Trinajstić information content (AvgIpc) is 2.39. The Morgan fingerprint density at radius 2 is 1.67 bits per heavy atom. The lowest BCUT2D eigenvalue weighted by Gasteiger charge is -2.04. The van der Waals surface area contributed by atoms with Crippen molar-refractivity contribution >= 4 is 15.5 Å². The zero-order valence-electron chi connectivity index (χ0n) is 9.48. The minimum absolute atomic E-state index is 0.139. The topological polar surface area (TPSA) is 63.6 Å². The van der Waals surface area contributed by atoms with Crippen LogP contribution >= 0.6 is 0 Å². The molecule has 0 saturated heterocycles. The van der Waals surface area contributed by atoms with E-state index in [-0.39, 0.29) is 16.3 Å². The van der Waals surface area contributed by atoms with Crippen molar-refractivity contribution in [3.63, 3.8) is 0 Å². The first-order chi connectivity index (χ1) is 8.62. The summed E-state index contributed by atoms with van der Waals surface area (Å²) in [6.45, 7) is 0. The predicted molar refractivity (Wildman–Crippen MR) is 69.2 cm³/mol. The van der Waals surface area contributed by atoms with E-state index in [1.54, 1.807) is 42.5 Å². The molecular formula is C13H11NO3S. The Labute approximate surface area is 105 Å². The molecule has 0 bridgehead atoms. The summed E-state index contributed by atoms with van der Waals surface area (Å²) in [5, 5.41) is 2.79. The first-order valence-corrected chi connectivity index (χ1v) is 6.97. The fraction of sp³-hybridized carbons (Fsp3) is 0.0769. The predicted octanol–water partition coefficient (Wildman–Crippen LogP) is 3.06. The lowest BCUT2D eigenvalue weighted by molar-refractivity contribution is 0.595. The van der Waals surface area contributed by atoms with Crippen LogP contribution in [-0.4, -0.2) is 8.42 Å². The molecule has 2 aromatic carbocycles. The molecule has 0 heterocycles. The molecule has 0 aliphatic carbocycles. The zero-order valence-corrected chi connectivity index (χ0v) is 10.3. The quantitative estimate of drug-likeness (QED) is 0.794. The van der Waals surface area contributed by atoms with E-state index in [9.17, 15) is 13.3 Å². The Bertz CT molecular complexity index is 651. The van der Waals surface area contributed by atoms with E-state index in [4.69, 9.17) is 0 Å². The molecule has 0 radical (unpaired) electrons. The van der Waals surface area contributed by atoms with E-state index >= 15 is 0 Å². The molecule has 2 aromatic rings. The SMILES string of the molecule is O=Nc1cccc(CS(=O)(=O)c2ccccc2)c1. The van der Waals surface area contributed by atoms with Crippen LogP contribution in [0.2, 0.25) is 0 Å². The maximum absolute atomic E-state index is 12.1. The molecule has 0 aliphatic heterocycles. The number of nitroso groups, excluding NO2 is 1. The van der Waals surface area contributed by atoms with E-state index in [1.165, 1.54) is 12.1 Å². The van der Waals surface area contributed by atoms with Crippen LogP contribution in [0.15, 0.2) is 64.7 Å². The Morgan fingerprint density at radius 3 is 2.33 bits per heavy atom. The lowest BCUT2D eigenvalue weighted by Crippen LogP contribution is -2.04. The van der Waals surface area contributed by atoms with E-state index in [2.05, 4.69) is 5.18 Å². The first kappa shape index (κ1) is 12.4. The second-order valence-electron chi connectivity index (χ2n) is 3.83. The summed E-state index contributed by atoms with van der Waals surface area (Å²) in [6, 6.07) is 14.5. The van der Waals surface area contributed by atoms with Gasteiger partial charge in [-0.15, -0.1) is 4.91 Å². The average molecular weight is 261 g/mol. The van der Waals surface area contributed by atoms with Crippen LogP contribution in [-0.2, 0) is 15.6 Å². The molecule has 5 heteroatoms. The summed E-state index contributed by atoms with van der Waals surface area (Å²) in [6.07, 6.45) is 0. The summed E-state index contributed by atoms with van der Waals surface area (Å²) in [5.41, 5.74) is 0.784. The van der Waals surface area contributed by atoms with Crippen molar-refractivity contribution < 1.29 is 8.42 Å². The summed E-state index contributed by atoms with van der Waals surface area (Å²) in [4.78, 5) is 10.7. The van der Waals surface area contributed by atoms with Crippen molar-refractivity contribution in [2.24, 2.45) is 5.18 Å². The van der Waals surface area contributed by atoms with Gasteiger partial charge in [-0.25, -0.2) is 8.42 Å². The van der Waals surface area contributed by atoms with Gasteiger partial charge in [0.25, 0.3) is 0 Å². The van der Waals surface area contributed by atoms with Crippen LogP contribution < -0.4 is 0 Å². The van der Waals surface area contributed by atoms with Gasteiger partial charge < -0.3 is 0 Å². The molecule has 4 nitrogen and oxygen atoms in total. The molecule has 18 heavy (non-hydrogen) atoms. The largest absolute Gasteiger partial charge is 0.223 e. The molecular weight excluding hydrogens is 250 g/mol. The van der Waals surface area contributed by atoms with Crippen LogP contribution in [0.1, 0.15) is 5.56 Å². The van der Waals surface area contributed by atoms with Gasteiger partial charge in [0, 0.05) is 0 Å². The highest BCUT2D eigenvalue weighted by Crippen LogP contribution is 2.19. The van der Waals surface area contributed by atoms with E-state index < -0.39 is 9.84 Å². The van der Waals surface area contributed by atoms with Gasteiger partial charge in [0.1, 0.15) is 5.69 Å². The van der Waals surface area contributed by atoms with E-state index in [0.29, 0.717) is 5.56 Å². The van der Waals surface area contributed by atoms with Gasteiger partial charge >= 0.3 is 0 Å². The van der Waals surface area contributed by atoms with Gasteiger partial charge in [-0.3, -0.25) is 0 Å². The fourth-order valence-electron chi connectivity index (χ4n) is 1.63. The smallest absolute Gasteiger partial charge is 0.182 e. The standard InChI is InChI=1S/C13H11NO3S/c15-14-12-6-4-5-11(9-12)10-18(16,17)13-7-2-1-3-8-13/h1-9H,10H2. The summed E-state index contributed by atoms with van der Waals surface area (Å²) < 4.78 is 24.2. The molecule has 0 aromatic heterocycles. The molecule has 2 rings (SSSR count). The second-order valence-corrected chi connectivity index (χ2v) is 5.82. The molecule has 0 unspecified atom stereocenters. The Hall–Kier alpha value is -2.01. The third-order valence-corrected chi connectivity index (χ3v) is 4.18. The second kappa shape index (κ2) is 5.10. The van der Waals surface area contributed by atoms with Crippen molar-refractivity contribution in [2.75, 3.05) is 0 Å². The van der Waals surface area contributed by atoms with Crippen molar-refractivity contribution in [2.45, 2.75) is 10.6 Å². The molecule has 0 fully saturated rings. The van der Waals surface area contributed by atoms with Crippen LogP contribution in [0.5, 0.6) is 0 Å². The molecule has 0 amide bonds. The normalized spacial score (nSPS) is 11.1. The highest BCUT2D eigenvalue weighted by Gasteiger charge is 2.14. The van der Waals surface area contributed by atoms with Gasteiger partial charge in [0.05, 0.1) is 10.6 Å². The minimum Gasteiger partial charge on any atom is -0.223 e. The van der Waals surface area contributed by atoms with Gasteiger partial charge in [-0.2, -0.15) is 0 Å². The molecule has 0 aliphatic rings. The zero-order chi connectivity index (χ0) is 13.0. The van der Waals surface area contributed by atoms with Crippen LogP contribution in [0, 0.1) is 4.91 Å². The summed E-state index contributed by atoms with van der Waals surface area (Å²) in [5.74, 6) is -0.139. The third kappa shape index (κ3) is 2.81. The van der Waals surface area contributed by atoms with Gasteiger partial charge in [0.15, 0.2) is 9.84 Å². The maximum Gasteiger partial charge on any atom is 0.182 e. The number of rotatable bonds is 4. The summed E-state index contributed by atoms with van der Waals surface area (Å²) >= 11 is 0. The number of hydrogen-bond donors (Lipinski definition) is 0. The molecule has 92 valence electrons. The van der Waals surface area contributed by atoms with Crippen molar-refractivity contribution in [3.8, 4) is 0 Å². The first-order valence-electron chi connectivity index (χ1n) is 5.32. The maximum atomic E-state index is 12.1. The Kier molecular flexibility index (Phi) is 3.53. The van der Waals surface area contributed by atoms with E-state index in [0.717, 1.165) is 0 Å². The van der Waals surface area contributed by atoms with Gasteiger partial charge in [0.2, 0.25) is 0 Å². The van der Waals surface area contributed by atoms with Crippen molar-refractivity contribution in [1.82, 2.24) is 0 Å². The number of nitrogens with zero attached hydrogens (tertiary/aromatic N) is 1. The van der Waals surface area contributed by atoms with Gasteiger partial charge in [-0.1, -0.05) is 30.3 Å². The molecule has 0 N–H and O–H groups in total. The van der Waals surface area contributed by atoms with Crippen molar-refractivity contribution in [3.05, 3.63) is 65.1 Å². The molecule has 0 atom stereocenters. The van der Waals surface area contributed by atoms with Crippen molar-refractivity contribution in [1.29, 1.82) is 0 Å². The lowest BCUT2D eigenvalue weighted by atomic mass is 10.2. The number of sulfone groups is 1. The Morgan fingerprint density at radius 1 is 0.944 bits per heavy atom. The molecule has 0 spiro atoms. The fourth-order valence-corrected chi connectivity index (χ4v) is 2.99. The molecule has 0 saturated carbocycles. The van der Waals surface area contributed by atoms with E-state index in [1.807, 2.05) is 0 Å². The highest BCUT2D eigenvalue weighted by atomic mass is 32.2. The van der Waals surface area contributed by atoms with Gasteiger partial charge in [-0.05, 0) is 35.0 Å². The highest BCUT2D eigenvalue weighted by molar-refractivity contribution is 7.90.